The lowest BCUT2D eigenvalue weighted by Crippen LogP contribution is -2.57. The van der Waals surface area contributed by atoms with E-state index in [0.29, 0.717) is 13.1 Å². The summed E-state index contributed by atoms with van der Waals surface area (Å²) in [5.74, 6) is 0. The van der Waals surface area contributed by atoms with E-state index in [4.69, 9.17) is 4.74 Å². The molecule has 0 spiro atoms. The molecule has 0 bridgehead atoms. The number of aldehydes is 1. The Kier molecular flexibility index (Phi) is 3.13. The van der Waals surface area contributed by atoms with Crippen molar-refractivity contribution >= 4 is 12.4 Å². The molecule has 0 aliphatic carbocycles. The molecule has 90 valence electrons. The van der Waals surface area contributed by atoms with E-state index in [1.165, 1.54) is 4.90 Å². The number of amides is 1. The Balaban J connectivity index is 1.78. The van der Waals surface area contributed by atoms with Gasteiger partial charge in [-0.05, 0) is 12.5 Å². The summed E-state index contributed by atoms with van der Waals surface area (Å²) in [6.45, 7) is 3.00. The third-order valence-electron chi connectivity index (χ3n) is 2.85. The summed E-state index contributed by atoms with van der Waals surface area (Å²) >= 11 is 0. The first kappa shape index (κ1) is 11.6. The van der Waals surface area contributed by atoms with Crippen LogP contribution in [0.3, 0.4) is 0 Å². The van der Waals surface area contributed by atoms with Gasteiger partial charge >= 0.3 is 6.09 Å². The van der Waals surface area contributed by atoms with Gasteiger partial charge in [0.15, 0.2) is 0 Å². The Bertz CT molecular complexity index is 410. The van der Waals surface area contributed by atoms with Crippen molar-refractivity contribution in [3.05, 3.63) is 35.9 Å². The third kappa shape index (κ3) is 2.64. The third-order valence-corrected chi connectivity index (χ3v) is 2.85. The van der Waals surface area contributed by atoms with Crippen molar-refractivity contribution in [1.29, 1.82) is 0 Å². The van der Waals surface area contributed by atoms with Crippen LogP contribution in [-0.4, -0.2) is 30.4 Å². The zero-order chi connectivity index (χ0) is 12.3. The number of rotatable bonds is 3. The summed E-state index contributed by atoms with van der Waals surface area (Å²) < 4.78 is 5.14. The fraction of sp³-hybridized carbons (Fsp3) is 0.385. The molecule has 0 aromatic heterocycles. The number of carbonyl (C=O) groups is 2. The molecular weight excluding hydrogens is 218 g/mol. The molecule has 0 radical (unpaired) electrons. The van der Waals surface area contributed by atoms with E-state index in [0.717, 1.165) is 11.8 Å². The lowest BCUT2D eigenvalue weighted by Gasteiger charge is -2.43. The van der Waals surface area contributed by atoms with Crippen LogP contribution < -0.4 is 0 Å². The van der Waals surface area contributed by atoms with Crippen molar-refractivity contribution < 1.29 is 14.3 Å². The average molecular weight is 233 g/mol. The summed E-state index contributed by atoms with van der Waals surface area (Å²) in [6.07, 6.45) is 0.543. The Labute approximate surface area is 100 Å². The van der Waals surface area contributed by atoms with Crippen molar-refractivity contribution in [2.45, 2.75) is 13.5 Å². The predicted octanol–water partition coefficient (Wildman–Crippen LogP) is 1.84. The van der Waals surface area contributed by atoms with Crippen LogP contribution in [0.1, 0.15) is 12.5 Å². The van der Waals surface area contributed by atoms with Gasteiger partial charge < -0.3 is 14.4 Å². The number of hydrogen-bond donors (Lipinski definition) is 0. The highest BCUT2D eigenvalue weighted by Gasteiger charge is 2.41. The zero-order valence-corrected chi connectivity index (χ0v) is 9.76. The first-order valence-electron chi connectivity index (χ1n) is 5.55. The van der Waals surface area contributed by atoms with Crippen LogP contribution >= 0.6 is 0 Å². The molecule has 1 heterocycles. The van der Waals surface area contributed by atoms with E-state index in [2.05, 4.69) is 0 Å². The van der Waals surface area contributed by atoms with E-state index < -0.39 is 0 Å². The van der Waals surface area contributed by atoms with Crippen molar-refractivity contribution in [3.8, 4) is 0 Å². The van der Waals surface area contributed by atoms with Gasteiger partial charge in [0, 0.05) is 13.1 Å². The van der Waals surface area contributed by atoms with Crippen LogP contribution in [0.2, 0.25) is 0 Å². The van der Waals surface area contributed by atoms with Gasteiger partial charge in [0.05, 0.1) is 5.41 Å². The molecule has 0 atom stereocenters. The van der Waals surface area contributed by atoms with Gasteiger partial charge in [0.1, 0.15) is 12.9 Å². The molecule has 1 aliphatic heterocycles. The number of hydrogen-bond acceptors (Lipinski definition) is 3. The van der Waals surface area contributed by atoms with E-state index in [1.807, 2.05) is 37.3 Å². The van der Waals surface area contributed by atoms with Gasteiger partial charge in [-0.3, -0.25) is 0 Å². The Morgan fingerprint density at radius 1 is 1.41 bits per heavy atom. The first-order valence-corrected chi connectivity index (χ1v) is 5.55. The maximum Gasteiger partial charge on any atom is 0.410 e. The van der Waals surface area contributed by atoms with Crippen molar-refractivity contribution in [2.24, 2.45) is 5.41 Å². The summed E-state index contributed by atoms with van der Waals surface area (Å²) in [6, 6.07) is 9.51. The molecule has 0 unspecified atom stereocenters. The largest absolute Gasteiger partial charge is 0.445 e. The van der Waals surface area contributed by atoms with E-state index >= 15 is 0 Å². The smallest absolute Gasteiger partial charge is 0.410 e. The highest BCUT2D eigenvalue weighted by molar-refractivity contribution is 5.73. The first-order chi connectivity index (χ1) is 8.13. The molecule has 1 aliphatic rings. The molecule has 2 rings (SSSR count). The summed E-state index contributed by atoms with van der Waals surface area (Å²) in [4.78, 5) is 23.8. The Morgan fingerprint density at radius 2 is 2.06 bits per heavy atom. The highest BCUT2D eigenvalue weighted by atomic mass is 16.6. The molecular formula is C13H15NO3. The fourth-order valence-electron chi connectivity index (χ4n) is 1.84. The zero-order valence-electron chi connectivity index (χ0n) is 9.76. The molecule has 1 aromatic rings. The number of carbonyl (C=O) groups excluding carboxylic acids is 2. The van der Waals surface area contributed by atoms with E-state index in [1.54, 1.807) is 0 Å². The lowest BCUT2D eigenvalue weighted by atomic mass is 9.84. The molecule has 0 N–H and O–H groups in total. The maximum absolute atomic E-state index is 11.6. The van der Waals surface area contributed by atoms with Crippen LogP contribution in [0.25, 0.3) is 0 Å². The number of likely N-dealkylation sites (tertiary alicyclic amines) is 1. The van der Waals surface area contributed by atoms with Crippen LogP contribution in [0.15, 0.2) is 30.3 Å². The Morgan fingerprint density at radius 3 is 2.65 bits per heavy atom. The van der Waals surface area contributed by atoms with Gasteiger partial charge in [-0.15, -0.1) is 0 Å². The topological polar surface area (TPSA) is 46.6 Å². The maximum atomic E-state index is 11.6. The van der Waals surface area contributed by atoms with Gasteiger partial charge in [0.2, 0.25) is 0 Å². The minimum atomic E-state index is -0.383. The molecule has 4 nitrogen and oxygen atoms in total. The van der Waals surface area contributed by atoms with Crippen LogP contribution in [0.4, 0.5) is 4.79 Å². The van der Waals surface area contributed by atoms with E-state index in [-0.39, 0.29) is 18.1 Å². The molecule has 1 saturated heterocycles. The van der Waals surface area contributed by atoms with Crippen LogP contribution in [-0.2, 0) is 16.1 Å². The number of benzene rings is 1. The Hall–Kier alpha value is -1.84. The monoisotopic (exact) mass is 233 g/mol. The van der Waals surface area contributed by atoms with Crippen molar-refractivity contribution in [1.82, 2.24) is 4.90 Å². The molecule has 1 amide bonds. The standard InChI is InChI=1S/C13H15NO3/c1-13(10-15)8-14(9-13)12(16)17-7-11-5-3-2-4-6-11/h2-6,10H,7-9H2,1H3. The van der Waals surface area contributed by atoms with Crippen molar-refractivity contribution in [2.75, 3.05) is 13.1 Å². The van der Waals surface area contributed by atoms with Crippen LogP contribution in [0.5, 0.6) is 0 Å². The molecule has 0 saturated carbocycles. The second kappa shape index (κ2) is 4.57. The second-order valence-corrected chi connectivity index (χ2v) is 4.67. The average Bonchev–Trinajstić information content (AvgIpc) is 2.33. The number of ether oxygens (including phenoxy) is 1. The van der Waals surface area contributed by atoms with Gasteiger partial charge in [-0.1, -0.05) is 30.3 Å². The SMILES string of the molecule is CC1(C=O)CN(C(=O)OCc2ccccc2)C1. The summed E-state index contributed by atoms with van der Waals surface area (Å²) in [5.41, 5.74) is 0.575. The van der Waals surface area contributed by atoms with Crippen molar-refractivity contribution in [3.63, 3.8) is 0 Å². The fourth-order valence-corrected chi connectivity index (χ4v) is 1.84. The summed E-state index contributed by atoms with van der Waals surface area (Å²) in [5, 5.41) is 0. The quantitative estimate of drug-likeness (QED) is 0.748. The molecule has 4 heteroatoms. The molecule has 1 fully saturated rings. The molecule has 17 heavy (non-hydrogen) atoms. The van der Waals surface area contributed by atoms with Gasteiger partial charge in [-0.25, -0.2) is 4.79 Å². The van der Waals surface area contributed by atoms with E-state index in [9.17, 15) is 9.59 Å². The van der Waals surface area contributed by atoms with Gasteiger partial charge in [0.25, 0.3) is 0 Å². The van der Waals surface area contributed by atoms with Crippen LogP contribution in [0, 0.1) is 5.41 Å². The molecule has 1 aromatic carbocycles. The second-order valence-electron chi connectivity index (χ2n) is 4.67. The minimum absolute atomic E-state index is 0.272. The minimum Gasteiger partial charge on any atom is -0.445 e. The lowest BCUT2D eigenvalue weighted by molar-refractivity contribution is -0.122. The highest BCUT2D eigenvalue weighted by Crippen LogP contribution is 2.27. The normalized spacial score (nSPS) is 17.1. The predicted molar refractivity (Wildman–Crippen MR) is 62.4 cm³/mol. The summed E-state index contributed by atoms with van der Waals surface area (Å²) in [7, 11) is 0. The number of nitrogens with zero attached hydrogens (tertiary/aromatic N) is 1. The van der Waals surface area contributed by atoms with Gasteiger partial charge in [-0.2, -0.15) is 0 Å².